The van der Waals surface area contributed by atoms with Crippen molar-refractivity contribution in [3.8, 4) is 0 Å². The maximum atomic E-state index is 12.5. The zero-order chi connectivity index (χ0) is 13.2. The first kappa shape index (κ1) is 13.5. The van der Waals surface area contributed by atoms with Crippen molar-refractivity contribution in [1.82, 2.24) is 4.98 Å². The van der Waals surface area contributed by atoms with Gasteiger partial charge in [0.05, 0.1) is 5.56 Å². The Bertz CT molecular complexity index is 409. The standard InChI is InChI=1S/C12H15F3N2S/c1-18-10-3-2-9(7-10)17-11-6-8(4-5-16-11)12(13,14)15/h4-6,9-10H,2-3,7H2,1H3,(H,16,17). The second kappa shape index (κ2) is 5.38. The molecule has 0 saturated heterocycles. The molecule has 1 aromatic rings. The summed E-state index contributed by atoms with van der Waals surface area (Å²) in [5, 5.41) is 3.70. The van der Waals surface area contributed by atoms with E-state index >= 15 is 0 Å². The van der Waals surface area contributed by atoms with Gasteiger partial charge in [0.15, 0.2) is 0 Å². The van der Waals surface area contributed by atoms with Crippen LogP contribution in [0, 0.1) is 0 Å². The van der Waals surface area contributed by atoms with Crippen LogP contribution in [-0.2, 0) is 6.18 Å². The topological polar surface area (TPSA) is 24.9 Å². The van der Waals surface area contributed by atoms with Gasteiger partial charge >= 0.3 is 6.18 Å². The van der Waals surface area contributed by atoms with E-state index in [1.54, 1.807) is 0 Å². The zero-order valence-corrected chi connectivity index (χ0v) is 10.8. The van der Waals surface area contributed by atoms with E-state index in [9.17, 15) is 13.2 Å². The van der Waals surface area contributed by atoms with Crippen molar-refractivity contribution in [2.45, 2.75) is 36.7 Å². The number of hydrogen-bond acceptors (Lipinski definition) is 3. The van der Waals surface area contributed by atoms with Crippen molar-refractivity contribution in [2.75, 3.05) is 11.6 Å². The first-order valence-corrected chi connectivity index (χ1v) is 7.10. The predicted octanol–water partition coefficient (Wildman–Crippen LogP) is 3.80. The van der Waals surface area contributed by atoms with E-state index in [0.717, 1.165) is 31.4 Å². The second-order valence-corrected chi connectivity index (χ2v) is 5.58. The van der Waals surface area contributed by atoms with Crippen molar-refractivity contribution in [3.05, 3.63) is 23.9 Å². The fourth-order valence-corrected chi connectivity index (χ4v) is 2.98. The van der Waals surface area contributed by atoms with Gasteiger partial charge < -0.3 is 5.32 Å². The van der Waals surface area contributed by atoms with E-state index in [2.05, 4.69) is 16.6 Å². The number of nitrogens with zero attached hydrogens (tertiary/aromatic N) is 1. The van der Waals surface area contributed by atoms with Crippen molar-refractivity contribution in [3.63, 3.8) is 0 Å². The lowest BCUT2D eigenvalue weighted by Gasteiger charge is -2.14. The highest BCUT2D eigenvalue weighted by atomic mass is 32.2. The largest absolute Gasteiger partial charge is 0.416 e. The Morgan fingerprint density at radius 1 is 1.39 bits per heavy atom. The first-order chi connectivity index (χ1) is 8.49. The van der Waals surface area contributed by atoms with E-state index in [1.807, 2.05) is 11.8 Å². The van der Waals surface area contributed by atoms with E-state index in [0.29, 0.717) is 11.1 Å². The van der Waals surface area contributed by atoms with Gasteiger partial charge in [-0.15, -0.1) is 0 Å². The first-order valence-electron chi connectivity index (χ1n) is 5.81. The monoisotopic (exact) mass is 276 g/mol. The average molecular weight is 276 g/mol. The van der Waals surface area contributed by atoms with Crippen LogP contribution in [0.2, 0.25) is 0 Å². The average Bonchev–Trinajstić information content (AvgIpc) is 2.76. The van der Waals surface area contributed by atoms with Gasteiger partial charge in [-0.3, -0.25) is 0 Å². The highest BCUT2D eigenvalue weighted by Gasteiger charge is 2.31. The molecule has 0 bridgehead atoms. The minimum Gasteiger partial charge on any atom is -0.367 e. The minimum atomic E-state index is -4.31. The van der Waals surface area contributed by atoms with Crippen LogP contribution in [0.4, 0.5) is 19.0 Å². The molecule has 2 atom stereocenters. The number of alkyl halides is 3. The van der Waals surface area contributed by atoms with Gasteiger partial charge in [-0.2, -0.15) is 24.9 Å². The molecule has 18 heavy (non-hydrogen) atoms. The van der Waals surface area contributed by atoms with Crippen LogP contribution < -0.4 is 5.32 Å². The molecule has 1 N–H and O–H groups in total. The van der Waals surface area contributed by atoms with Gasteiger partial charge in [0.2, 0.25) is 0 Å². The molecule has 0 spiro atoms. The predicted molar refractivity (Wildman–Crippen MR) is 67.8 cm³/mol. The van der Waals surface area contributed by atoms with Crippen LogP contribution in [-0.4, -0.2) is 22.5 Å². The molecule has 2 unspecified atom stereocenters. The van der Waals surface area contributed by atoms with Gasteiger partial charge in [0.25, 0.3) is 0 Å². The smallest absolute Gasteiger partial charge is 0.367 e. The van der Waals surface area contributed by atoms with E-state index < -0.39 is 11.7 Å². The van der Waals surface area contributed by atoms with Crippen LogP contribution in [0.25, 0.3) is 0 Å². The molecule has 1 aliphatic carbocycles. The van der Waals surface area contributed by atoms with E-state index in [1.165, 1.54) is 6.20 Å². The summed E-state index contributed by atoms with van der Waals surface area (Å²) in [4.78, 5) is 3.95. The summed E-state index contributed by atoms with van der Waals surface area (Å²) in [6, 6.07) is 2.30. The highest BCUT2D eigenvalue weighted by Crippen LogP contribution is 2.32. The molecule has 0 aliphatic heterocycles. The molecule has 2 nitrogen and oxygen atoms in total. The maximum absolute atomic E-state index is 12.5. The normalized spacial score (nSPS) is 24.2. The van der Waals surface area contributed by atoms with E-state index in [4.69, 9.17) is 0 Å². The molecule has 100 valence electrons. The van der Waals surface area contributed by atoms with Crippen LogP contribution >= 0.6 is 11.8 Å². The summed E-state index contributed by atoms with van der Waals surface area (Å²) in [5.74, 6) is 0.316. The summed E-state index contributed by atoms with van der Waals surface area (Å²) in [7, 11) is 0. The highest BCUT2D eigenvalue weighted by molar-refractivity contribution is 7.99. The summed E-state index contributed by atoms with van der Waals surface area (Å²) in [6.07, 6.45) is 2.04. The Labute approximate surface area is 108 Å². The summed E-state index contributed by atoms with van der Waals surface area (Å²) < 4.78 is 37.6. The van der Waals surface area contributed by atoms with Gasteiger partial charge in [-0.1, -0.05) is 0 Å². The van der Waals surface area contributed by atoms with Crippen molar-refractivity contribution < 1.29 is 13.2 Å². The summed E-state index contributed by atoms with van der Waals surface area (Å²) in [5.41, 5.74) is -0.653. The molecule has 1 aromatic heterocycles. The fraction of sp³-hybridized carbons (Fsp3) is 0.583. The molecule has 0 aromatic carbocycles. The molecule has 1 heterocycles. The van der Waals surface area contributed by atoms with Crippen LogP contribution in [0.5, 0.6) is 0 Å². The number of anilines is 1. The molecule has 1 aliphatic rings. The second-order valence-electron chi connectivity index (χ2n) is 4.44. The van der Waals surface area contributed by atoms with Crippen LogP contribution in [0.3, 0.4) is 0 Å². The Balaban J connectivity index is 2.02. The number of aromatic nitrogens is 1. The third-order valence-corrected chi connectivity index (χ3v) is 4.25. The molecule has 2 rings (SSSR count). The Hall–Kier alpha value is -0.910. The lowest BCUT2D eigenvalue weighted by Crippen LogP contribution is -2.17. The van der Waals surface area contributed by atoms with Crippen LogP contribution in [0.15, 0.2) is 18.3 Å². The molecule has 0 radical (unpaired) electrons. The number of pyridine rings is 1. The molecule has 0 amide bonds. The third-order valence-electron chi connectivity index (χ3n) is 3.16. The number of halogens is 3. The lowest BCUT2D eigenvalue weighted by molar-refractivity contribution is -0.137. The van der Waals surface area contributed by atoms with Gasteiger partial charge in [-0.05, 0) is 37.7 Å². The minimum absolute atomic E-state index is 0.235. The van der Waals surface area contributed by atoms with Gasteiger partial charge in [0, 0.05) is 17.5 Å². The summed E-state index contributed by atoms with van der Waals surface area (Å²) >= 11 is 1.81. The third kappa shape index (κ3) is 3.31. The SMILES string of the molecule is CSC1CCC(Nc2cc(C(F)(F)F)ccn2)C1. The molecular formula is C12H15F3N2S. The van der Waals surface area contributed by atoms with Gasteiger partial charge in [-0.25, -0.2) is 4.98 Å². The summed E-state index contributed by atoms with van der Waals surface area (Å²) in [6.45, 7) is 0. The molecule has 1 fully saturated rings. The Morgan fingerprint density at radius 3 is 2.78 bits per heavy atom. The zero-order valence-electron chi connectivity index (χ0n) is 10.00. The van der Waals surface area contributed by atoms with Crippen molar-refractivity contribution in [2.24, 2.45) is 0 Å². The molecular weight excluding hydrogens is 261 g/mol. The number of thioether (sulfide) groups is 1. The lowest BCUT2D eigenvalue weighted by atomic mass is 10.2. The van der Waals surface area contributed by atoms with E-state index in [-0.39, 0.29) is 6.04 Å². The Morgan fingerprint density at radius 2 is 2.17 bits per heavy atom. The van der Waals surface area contributed by atoms with Crippen molar-refractivity contribution in [1.29, 1.82) is 0 Å². The van der Waals surface area contributed by atoms with Crippen LogP contribution in [0.1, 0.15) is 24.8 Å². The van der Waals surface area contributed by atoms with Gasteiger partial charge in [0.1, 0.15) is 5.82 Å². The molecule has 6 heteroatoms. The molecule has 1 saturated carbocycles. The number of rotatable bonds is 3. The quantitative estimate of drug-likeness (QED) is 0.909. The Kier molecular flexibility index (Phi) is 4.04. The number of nitrogens with one attached hydrogen (secondary N) is 1. The fourth-order valence-electron chi connectivity index (χ4n) is 2.18. The van der Waals surface area contributed by atoms with Crippen molar-refractivity contribution >= 4 is 17.6 Å². The number of hydrogen-bond donors (Lipinski definition) is 1. The maximum Gasteiger partial charge on any atom is 0.416 e.